The van der Waals surface area contributed by atoms with E-state index in [0.717, 1.165) is 33.4 Å². The molecule has 1 saturated heterocycles. The summed E-state index contributed by atoms with van der Waals surface area (Å²) >= 11 is 3.66. The number of aryl methyl sites for hydroxylation is 1. The van der Waals surface area contributed by atoms with Crippen LogP contribution in [0.3, 0.4) is 0 Å². The van der Waals surface area contributed by atoms with Crippen LogP contribution in [0.25, 0.3) is 16.7 Å². The number of anilines is 3. The van der Waals surface area contributed by atoms with E-state index in [1.165, 1.54) is 11.9 Å². The number of hydrogen-bond donors (Lipinski definition) is 2. The van der Waals surface area contributed by atoms with Crippen LogP contribution in [0.2, 0.25) is 0 Å². The van der Waals surface area contributed by atoms with E-state index in [1.807, 2.05) is 45.2 Å². The van der Waals surface area contributed by atoms with E-state index in [2.05, 4.69) is 71.3 Å². The summed E-state index contributed by atoms with van der Waals surface area (Å²) in [5, 5.41) is 17.7. The van der Waals surface area contributed by atoms with E-state index in [-0.39, 0.29) is 6.61 Å². The van der Waals surface area contributed by atoms with Crippen LogP contribution in [0.5, 0.6) is 0 Å². The van der Waals surface area contributed by atoms with Crippen molar-refractivity contribution in [3.8, 4) is 0 Å². The predicted octanol–water partition coefficient (Wildman–Crippen LogP) is 4.89. The minimum atomic E-state index is -0.618. The van der Waals surface area contributed by atoms with E-state index in [1.54, 1.807) is 15.7 Å². The van der Waals surface area contributed by atoms with Gasteiger partial charge in [-0.2, -0.15) is 5.10 Å². The van der Waals surface area contributed by atoms with Gasteiger partial charge >= 0.3 is 6.09 Å². The molecule has 6 rings (SSSR count). The number of aromatic nitrogens is 6. The maximum Gasteiger partial charge on any atom is 0.410 e. The molecule has 1 aliphatic rings. The van der Waals surface area contributed by atoms with Gasteiger partial charge < -0.3 is 20.1 Å². The van der Waals surface area contributed by atoms with Crippen molar-refractivity contribution in [1.29, 1.82) is 0 Å². The summed E-state index contributed by atoms with van der Waals surface area (Å²) < 4.78 is 8.08. The number of fused-ring (bicyclic) bond motifs is 2. The molecule has 0 aliphatic carbocycles. The lowest BCUT2D eigenvalue weighted by Crippen LogP contribution is -2.57. The average Bonchev–Trinajstić information content (AvgIpc) is 3.45. The third-order valence-electron chi connectivity index (χ3n) is 7.51. The number of halogens is 1. The molecule has 5 aromatic rings. The minimum Gasteiger partial charge on any atom is -0.444 e. The number of nitrogens with zero attached hydrogens (tertiary/aromatic N) is 8. The van der Waals surface area contributed by atoms with E-state index in [0.29, 0.717) is 42.3 Å². The highest BCUT2D eigenvalue weighted by Crippen LogP contribution is 2.32. The molecule has 12 nitrogen and oxygen atoms in total. The van der Waals surface area contributed by atoms with Crippen molar-refractivity contribution in [3.05, 3.63) is 76.4 Å². The fourth-order valence-electron chi connectivity index (χ4n) is 5.33. The number of aliphatic hydroxyl groups is 1. The van der Waals surface area contributed by atoms with Gasteiger partial charge in [0.25, 0.3) is 0 Å². The molecule has 0 bridgehead atoms. The average molecular weight is 661 g/mol. The monoisotopic (exact) mass is 659 g/mol. The molecule has 228 valence electrons. The van der Waals surface area contributed by atoms with Crippen LogP contribution in [-0.4, -0.2) is 83.5 Å². The van der Waals surface area contributed by atoms with Gasteiger partial charge in [-0.25, -0.2) is 29.2 Å². The van der Waals surface area contributed by atoms with Crippen LogP contribution < -0.4 is 10.2 Å². The molecule has 0 spiro atoms. The topological polar surface area (TPSA) is 134 Å². The Kier molecular flexibility index (Phi) is 8.08. The van der Waals surface area contributed by atoms with Crippen LogP contribution in [0.1, 0.15) is 37.5 Å². The Morgan fingerprint density at radius 3 is 2.73 bits per heavy atom. The molecule has 13 heteroatoms. The lowest BCUT2D eigenvalue weighted by Gasteiger charge is -2.41. The number of nitrogens with one attached hydrogen (secondary N) is 1. The van der Waals surface area contributed by atoms with Crippen LogP contribution in [0.4, 0.5) is 22.1 Å². The van der Waals surface area contributed by atoms with Crippen molar-refractivity contribution < 1.29 is 14.6 Å². The van der Waals surface area contributed by atoms with Gasteiger partial charge in [0.05, 0.1) is 22.6 Å². The summed E-state index contributed by atoms with van der Waals surface area (Å²) in [5.41, 5.74) is 5.90. The molecule has 1 aromatic carbocycles. The molecule has 44 heavy (non-hydrogen) atoms. The van der Waals surface area contributed by atoms with Crippen LogP contribution >= 0.6 is 15.9 Å². The molecule has 2 N–H and O–H groups in total. The maximum atomic E-state index is 12.8. The van der Waals surface area contributed by atoms with Crippen molar-refractivity contribution in [1.82, 2.24) is 34.4 Å². The Bertz CT molecular complexity index is 1840. The molecular formula is C31H34BrN9O3. The Morgan fingerprint density at radius 2 is 1.95 bits per heavy atom. The molecule has 1 unspecified atom stereocenters. The SMILES string of the molecule is Cc1cc(Nc2ncnc3cc(Br)c(N4CCN(C(=O)OC(C)(C)C)C(CO)C4)nc23)ccc1Cc1ccn2ncnc2c1. The Morgan fingerprint density at radius 1 is 1.11 bits per heavy atom. The molecule has 1 atom stereocenters. The smallest absolute Gasteiger partial charge is 0.410 e. The Balaban J connectivity index is 1.22. The first-order chi connectivity index (χ1) is 21.1. The number of carbonyl (C=O) groups is 1. The van der Waals surface area contributed by atoms with Gasteiger partial charge in [-0.15, -0.1) is 0 Å². The van der Waals surface area contributed by atoms with Gasteiger partial charge in [-0.1, -0.05) is 6.07 Å². The van der Waals surface area contributed by atoms with Crippen LogP contribution in [0.15, 0.2) is 59.7 Å². The zero-order valence-corrected chi connectivity index (χ0v) is 26.6. The fourth-order valence-corrected chi connectivity index (χ4v) is 5.88. The van der Waals surface area contributed by atoms with Gasteiger partial charge in [-0.05, 0) is 97.1 Å². The highest BCUT2D eigenvalue weighted by atomic mass is 79.9. The zero-order chi connectivity index (χ0) is 31.0. The molecule has 0 radical (unpaired) electrons. The number of carbonyl (C=O) groups excluding carboxylic acids is 1. The van der Waals surface area contributed by atoms with E-state index in [9.17, 15) is 9.90 Å². The molecule has 0 saturated carbocycles. The summed E-state index contributed by atoms with van der Waals surface area (Å²) in [6.45, 7) is 8.70. The first-order valence-electron chi connectivity index (χ1n) is 14.4. The molecule has 1 amide bonds. The third kappa shape index (κ3) is 6.29. The summed E-state index contributed by atoms with van der Waals surface area (Å²) in [7, 11) is 0. The van der Waals surface area contributed by atoms with Crippen molar-refractivity contribution in [2.45, 2.75) is 45.8 Å². The van der Waals surface area contributed by atoms with Crippen molar-refractivity contribution >= 4 is 56.0 Å². The largest absolute Gasteiger partial charge is 0.444 e. The standard InChI is InChI=1S/C31H34BrN9O3/c1-19-11-22(6-5-21(19)12-20-7-8-41-26(13-20)34-18-36-41)37-28-27-25(33-17-35-28)14-24(32)29(38-27)39-9-10-40(23(15-39)16-42)30(43)44-31(2,3)4/h5-8,11,13-14,17-18,23,42H,9-10,12,15-16H2,1-4H3,(H,33,35,37). The maximum absolute atomic E-state index is 12.8. The molecule has 1 aliphatic heterocycles. The van der Waals surface area contributed by atoms with Gasteiger partial charge in [0.15, 0.2) is 11.5 Å². The first-order valence-corrected chi connectivity index (χ1v) is 15.2. The summed E-state index contributed by atoms with van der Waals surface area (Å²) in [6, 6.07) is 11.8. The molecule has 5 heterocycles. The fraction of sp³-hybridized carbons (Fsp3) is 0.355. The van der Waals surface area contributed by atoms with Crippen LogP contribution in [0, 0.1) is 6.92 Å². The Labute approximate surface area is 263 Å². The quantitative estimate of drug-likeness (QED) is 0.259. The Hall–Kier alpha value is -4.36. The van der Waals surface area contributed by atoms with Gasteiger partial charge in [0, 0.05) is 31.5 Å². The second kappa shape index (κ2) is 12.0. The van der Waals surface area contributed by atoms with Gasteiger partial charge in [0.2, 0.25) is 0 Å². The highest BCUT2D eigenvalue weighted by Gasteiger charge is 2.34. The number of amides is 1. The van der Waals surface area contributed by atoms with Gasteiger partial charge in [-0.3, -0.25) is 4.90 Å². The van der Waals surface area contributed by atoms with Crippen molar-refractivity contribution in [2.75, 3.05) is 36.5 Å². The third-order valence-corrected chi connectivity index (χ3v) is 8.09. The normalized spacial score (nSPS) is 15.6. The number of piperazine rings is 1. The van der Waals surface area contributed by atoms with E-state index < -0.39 is 17.7 Å². The summed E-state index contributed by atoms with van der Waals surface area (Å²) in [4.78, 5) is 34.6. The number of ether oxygens (including phenoxy) is 1. The lowest BCUT2D eigenvalue weighted by atomic mass is 10.0. The van der Waals surface area contributed by atoms with Crippen LogP contribution in [-0.2, 0) is 11.2 Å². The number of aliphatic hydroxyl groups excluding tert-OH is 1. The number of benzene rings is 1. The van der Waals surface area contributed by atoms with Crippen molar-refractivity contribution in [3.63, 3.8) is 0 Å². The number of hydrogen-bond acceptors (Lipinski definition) is 10. The summed E-state index contributed by atoms with van der Waals surface area (Å²) in [5.74, 6) is 1.27. The summed E-state index contributed by atoms with van der Waals surface area (Å²) in [6.07, 6.45) is 5.34. The minimum absolute atomic E-state index is 0.193. The molecule has 4 aromatic heterocycles. The second-order valence-electron chi connectivity index (χ2n) is 11.9. The second-order valence-corrected chi connectivity index (χ2v) is 12.7. The lowest BCUT2D eigenvalue weighted by molar-refractivity contribution is 0.00698. The molecular weight excluding hydrogens is 626 g/mol. The van der Waals surface area contributed by atoms with E-state index in [4.69, 9.17) is 9.72 Å². The van der Waals surface area contributed by atoms with E-state index >= 15 is 0 Å². The van der Waals surface area contributed by atoms with Gasteiger partial charge in [0.1, 0.15) is 29.6 Å². The first kappa shape index (κ1) is 29.7. The molecule has 1 fully saturated rings. The number of rotatable bonds is 6. The zero-order valence-electron chi connectivity index (χ0n) is 25.0. The highest BCUT2D eigenvalue weighted by molar-refractivity contribution is 9.10. The van der Waals surface area contributed by atoms with Crippen molar-refractivity contribution in [2.24, 2.45) is 0 Å². The number of pyridine rings is 2. The predicted molar refractivity (Wildman–Crippen MR) is 171 cm³/mol.